The van der Waals surface area contributed by atoms with Gasteiger partial charge in [0.05, 0.1) is 13.7 Å². The van der Waals surface area contributed by atoms with Crippen LogP contribution in [-0.2, 0) is 13.6 Å². The molecule has 0 saturated carbocycles. The van der Waals surface area contributed by atoms with Crippen LogP contribution in [0.4, 0.5) is 5.69 Å². The Bertz CT molecular complexity index is 577. The summed E-state index contributed by atoms with van der Waals surface area (Å²) in [6.07, 6.45) is 3.75. The van der Waals surface area contributed by atoms with Crippen molar-refractivity contribution in [3.05, 3.63) is 42.0 Å². The Morgan fingerprint density at radius 1 is 1.45 bits per heavy atom. The van der Waals surface area contributed by atoms with Crippen molar-refractivity contribution in [1.29, 1.82) is 0 Å². The number of anilines is 1. The maximum absolute atomic E-state index is 6.10. The van der Waals surface area contributed by atoms with Gasteiger partial charge < -0.3 is 19.9 Å². The number of ether oxygens (including phenoxy) is 1. The molecule has 2 N–H and O–H groups in total. The quantitative estimate of drug-likeness (QED) is 0.907. The predicted molar refractivity (Wildman–Crippen MR) is 80.9 cm³/mol. The molecule has 0 aliphatic heterocycles. The van der Waals surface area contributed by atoms with Gasteiger partial charge in [0.25, 0.3) is 0 Å². The Morgan fingerprint density at radius 3 is 2.75 bits per heavy atom. The number of benzene rings is 1. The van der Waals surface area contributed by atoms with Crippen LogP contribution in [-0.4, -0.2) is 23.7 Å². The number of imidazole rings is 1. The molecule has 1 aromatic heterocycles. The van der Waals surface area contributed by atoms with Crippen molar-refractivity contribution in [3.63, 3.8) is 0 Å². The van der Waals surface area contributed by atoms with Crippen LogP contribution in [0.5, 0.6) is 5.75 Å². The van der Waals surface area contributed by atoms with E-state index in [9.17, 15) is 0 Å². The molecule has 0 spiro atoms. The highest BCUT2D eigenvalue weighted by molar-refractivity contribution is 5.60. The topological polar surface area (TPSA) is 56.3 Å². The molecule has 0 aliphatic carbocycles. The van der Waals surface area contributed by atoms with E-state index < -0.39 is 0 Å². The van der Waals surface area contributed by atoms with E-state index in [-0.39, 0.29) is 6.04 Å². The molecule has 0 radical (unpaired) electrons. The van der Waals surface area contributed by atoms with Gasteiger partial charge in [-0.1, -0.05) is 6.07 Å². The average Bonchev–Trinajstić information content (AvgIpc) is 2.83. The second-order valence-electron chi connectivity index (χ2n) is 4.99. The lowest BCUT2D eigenvalue weighted by Gasteiger charge is -2.25. The van der Waals surface area contributed by atoms with Crippen molar-refractivity contribution < 1.29 is 4.74 Å². The van der Waals surface area contributed by atoms with Gasteiger partial charge in [0.15, 0.2) is 0 Å². The van der Waals surface area contributed by atoms with Crippen molar-refractivity contribution >= 4 is 5.69 Å². The number of methoxy groups -OCH3 is 1. The molecule has 0 fully saturated rings. The highest BCUT2D eigenvalue weighted by atomic mass is 16.5. The van der Waals surface area contributed by atoms with E-state index >= 15 is 0 Å². The van der Waals surface area contributed by atoms with Gasteiger partial charge in [0, 0.05) is 43.8 Å². The zero-order chi connectivity index (χ0) is 14.7. The van der Waals surface area contributed by atoms with Gasteiger partial charge in [0.1, 0.15) is 11.6 Å². The second kappa shape index (κ2) is 5.96. The van der Waals surface area contributed by atoms with Crippen LogP contribution >= 0.6 is 0 Å². The Hall–Kier alpha value is -2.01. The zero-order valence-corrected chi connectivity index (χ0v) is 12.5. The van der Waals surface area contributed by atoms with Gasteiger partial charge in [-0.3, -0.25) is 0 Å². The summed E-state index contributed by atoms with van der Waals surface area (Å²) in [6, 6.07) is 5.89. The third kappa shape index (κ3) is 2.77. The van der Waals surface area contributed by atoms with E-state index in [0.717, 1.165) is 29.4 Å². The monoisotopic (exact) mass is 274 g/mol. The van der Waals surface area contributed by atoms with Crippen LogP contribution in [0.1, 0.15) is 24.4 Å². The predicted octanol–water partition coefficient (Wildman–Crippen LogP) is 2.08. The van der Waals surface area contributed by atoms with Gasteiger partial charge in [-0.25, -0.2) is 4.98 Å². The maximum atomic E-state index is 6.10. The van der Waals surface area contributed by atoms with Crippen molar-refractivity contribution in [2.75, 3.05) is 19.1 Å². The molecule has 0 bridgehead atoms. The molecular weight excluding hydrogens is 252 g/mol. The highest BCUT2D eigenvalue weighted by Crippen LogP contribution is 2.33. The van der Waals surface area contributed by atoms with Crippen molar-refractivity contribution in [3.8, 4) is 5.75 Å². The minimum absolute atomic E-state index is 0.0926. The molecule has 0 amide bonds. The van der Waals surface area contributed by atoms with E-state index in [4.69, 9.17) is 10.5 Å². The number of rotatable bonds is 5. The fraction of sp³-hybridized carbons (Fsp3) is 0.400. The Balaban J connectivity index is 2.34. The summed E-state index contributed by atoms with van der Waals surface area (Å²) in [7, 11) is 5.70. The van der Waals surface area contributed by atoms with Gasteiger partial charge in [-0.2, -0.15) is 0 Å². The van der Waals surface area contributed by atoms with Gasteiger partial charge in [-0.05, 0) is 19.1 Å². The number of aryl methyl sites for hydroxylation is 1. The summed E-state index contributed by atoms with van der Waals surface area (Å²) in [6.45, 7) is 2.69. The summed E-state index contributed by atoms with van der Waals surface area (Å²) in [5.41, 5.74) is 8.20. The summed E-state index contributed by atoms with van der Waals surface area (Å²) >= 11 is 0. The van der Waals surface area contributed by atoms with E-state index in [1.54, 1.807) is 13.3 Å². The van der Waals surface area contributed by atoms with E-state index in [1.807, 2.05) is 43.9 Å². The molecule has 2 aromatic rings. The molecule has 2 rings (SSSR count). The van der Waals surface area contributed by atoms with Crippen LogP contribution in [0.2, 0.25) is 0 Å². The van der Waals surface area contributed by atoms with Crippen LogP contribution < -0.4 is 15.4 Å². The molecule has 5 nitrogen and oxygen atoms in total. The SMILES string of the molecule is COc1cccc(N(C)Cc2nccn2C)c1[C@H](C)N. The number of hydrogen-bond donors (Lipinski definition) is 1. The number of nitrogens with zero attached hydrogens (tertiary/aromatic N) is 3. The lowest BCUT2D eigenvalue weighted by atomic mass is 10.0. The average molecular weight is 274 g/mol. The van der Waals surface area contributed by atoms with E-state index in [0.29, 0.717) is 0 Å². The molecule has 0 saturated heterocycles. The fourth-order valence-corrected chi connectivity index (χ4v) is 2.35. The van der Waals surface area contributed by atoms with Gasteiger partial charge in [0.2, 0.25) is 0 Å². The van der Waals surface area contributed by atoms with Crippen LogP contribution in [0.25, 0.3) is 0 Å². The Morgan fingerprint density at radius 2 is 2.20 bits per heavy atom. The lowest BCUT2D eigenvalue weighted by Crippen LogP contribution is -2.22. The Labute approximate surface area is 120 Å². The summed E-state index contributed by atoms with van der Waals surface area (Å²) in [5, 5.41) is 0. The Kier molecular flexibility index (Phi) is 4.29. The van der Waals surface area contributed by atoms with Gasteiger partial charge in [-0.15, -0.1) is 0 Å². The van der Waals surface area contributed by atoms with Crippen LogP contribution in [0, 0.1) is 0 Å². The van der Waals surface area contributed by atoms with Crippen molar-refractivity contribution in [2.45, 2.75) is 19.5 Å². The largest absolute Gasteiger partial charge is 0.496 e. The van der Waals surface area contributed by atoms with Crippen molar-refractivity contribution in [2.24, 2.45) is 12.8 Å². The summed E-state index contributed by atoms with van der Waals surface area (Å²) in [4.78, 5) is 6.50. The van der Waals surface area contributed by atoms with E-state index in [1.165, 1.54) is 0 Å². The normalized spacial score (nSPS) is 12.2. The van der Waals surface area contributed by atoms with E-state index in [2.05, 4.69) is 16.0 Å². The number of hydrogen-bond acceptors (Lipinski definition) is 4. The molecule has 1 aromatic carbocycles. The minimum atomic E-state index is -0.0926. The first-order valence-corrected chi connectivity index (χ1v) is 6.64. The first kappa shape index (κ1) is 14.4. The van der Waals surface area contributed by atoms with Crippen molar-refractivity contribution in [1.82, 2.24) is 9.55 Å². The third-order valence-electron chi connectivity index (χ3n) is 3.43. The molecule has 0 unspecified atom stereocenters. The highest BCUT2D eigenvalue weighted by Gasteiger charge is 2.16. The molecule has 1 heterocycles. The summed E-state index contributed by atoms with van der Waals surface area (Å²) < 4.78 is 7.44. The zero-order valence-electron chi connectivity index (χ0n) is 12.5. The van der Waals surface area contributed by atoms with Crippen LogP contribution in [0.3, 0.4) is 0 Å². The number of nitrogens with two attached hydrogens (primary N) is 1. The second-order valence-corrected chi connectivity index (χ2v) is 4.99. The molecule has 108 valence electrons. The first-order chi connectivity index (χ1) is 9.54. The number of aromatic nitrogens is 2. The standard InChI is InChI=1S/C15H22N4O/c1-11(16)15-12(6-5-7-13(15)20-4)19(3)10-14-17-8-9-18(14)2/h5-9,11H,10,16H2,1-4H3/t11-/m0/s1. The smallest absolute Gasteiger partial charge is 0.127 e. The van der Waals surface area contributed by atoms with Gasteiger partial charge >= 0.3 is 0 Å². The third-order valence-corrected chi connectivity index (χ3v) is 3.43. The molecule has 5 heteroatoms. The molecular formula is C15H22N4O. The fourth-order valence-electron chi connectivity index (χ4n) is 2.35. The maximum Gasteiger partial charge on any atom is 0.127 e. The molecule has 0 aliphatic rings. The minimum Gasteiger partial charge on any atom is -0.496 e. The molecule has 1 atom stereocenters. The lowest BCUT2D eigenvalue weighted by molar-refractivity contribution is 0.407. The van der Waals surface area contributed by atoms with Crippen LogP contribution in [0.15, 0.2) is 30.6 Å². The summed E-state index contributed by atoms with van der Waals surface area (Å²) in [5.74, 6) is 1.83. The first-order valence-electron chi connectivity index (χ1n) is 6.64. The molecule has 20 heavy (non-hydrogen) atoms.